The number of amides is 1. The maximum Gasteiger partial charge on any atom is 0.251 e. The van der Waals surface area contributed by atoms with Gasteiger partial charge in [-0.15, -0.1) is 0 Å². The molecule has 30 heavy (non-hydrogen) atoms. The Morgan fingerprint density at radius 2 is 1.17 bits per heavy atom. The molecule has 9 heteroatoms. The Bertz CT molecular complexity index is 833. The molecule has 0 saturated heterocycles. The van der Waals surface area contributed by atoms with Crippen LogP contribution in [0.4, 0.5) is 0 Å². The molecule has 164 valence electrons. The Hall–Kier alpha value is -3.33. The second-order valence-corrected chi connectivity index (χ2v) is 6.10. The van der Waals surface area contributed by atoms with Crippen LogP contribution in [0.5, 0.6) is 34.5 Å². The maximum absolute atomic E-state index is 12.6. The first-order chi connectivity index (χ1) is 14.4. The van der Waals surface area contributed by atoms with E-state index < -0.39 is 12.0 Å². The molecule has 2 aromatic rings. The van der Waals surface area contributed by atoms with Gasteiger partial charge in [0.15, 0.2) is 23.0 Å². The van der Waals surface area contributed by atoms with Gasteiger partial charge in [0.25, 0.3) is 5.91 Å². The van der Waals surface area contributed by atoms with Crippen LogP contribution in [-0.2, 0) is 0 Å². The molecular formula is C21H27NO8. The van der Waals surface area contributed by atoms with Gasteiger partial charge < -0.3 is 38.8 Å². The third kappa shape index (κ3) is 4.80. The third-order valence-corrected chi connectivity index (χ3v) is 4.45. The molecule has 0 fully saturated rings. The summed E-state index contributed by atoms with van der Waals surface area (Å²) < 4.78 is 31.6. The lowest BCUT2D eigenvalue weighted by molar-refractivity contribution is 0.0915. The van der Waals surface area contributed by atoms with Crippen LogP contribution in [0.2, 0.25) is 0 Å². The van der Waals surface area contributed by atoms with Crippen molar-refractivity contribution in [2.45, 2.75) is 6.10 Å². The lowest BCUT2D eigenvalue weighted by atomic mass is 10.1. The Morgan fingerprint density at radius 1 is 0.767 bits per heavy atom. The number of carbonyl (C=O) groups excluding carboxylic acids is 1. The highest BCUT2D eigenvalue weighted by Gasteiger charge is 2.20. The summed E-state index contributed by atoms with van der Waals surface area (Å²) >= 11 is 0. The molecule has 0 spiro atoms. The average Bonchev–Trinajstić information content (AvgIpc) is 2.79. The number of hydrogen-bond donors (Lipinski definition) is 2. The minimum Gasteiger partial charge on any atom is -0.493 e. The van der Waals surface area contributed by atoms with E-state index in [1.165, 1.54) is 54.8 Å². The molecule has 2 rings (SSSR count). The zero-order chi connectivity index (χ0) is 22.3. The molecule has 0 aliphatic carbocycles. The summed E-state index contributed by atoms with van der Waals surface area (Å²) in [5, 5.41) is 13.3. The molecule has 0 radical (unpaired) electrons. The van der Waals surface area contributed by atoms with Crippen molar-refractivity contribution in [2.75, 3.05) is 49.2 Å². The maximum atomic E-state index is 12.6. The minimum absolute atomic E-state index is 0.0475. The second-order valence-electron chi connectivity index (χ2n) is 6.10. The zero-order valence-corrected chi connectivity index (χ0v) is 17.9. The standard InChI is InChI=1S/C21H27NO8/c1-25-15-7-12(8-16(26-2)19(15)29-5)14(23)11-22-21(24)13-9-17(27-3)20(30-6)18(10-13)28-4/h7-10,14,23H,11H2,1-6H3,(H,22,24). The number of nitrogens with one attached hydrogen (secondary N) is 1. The third-order valence-electron chi connectivity index (χ3n) is 4.45. The van der Waals surface area contributed by atoms with Crippen LogP contribution < -0.4 is 33.7 Å². The number of benzene rings is 2. The van der Waals surface area contributed by atoms with Gasteiger partial charge in [-0.25, -0.2) is 0 Å². The SMILES string of the molecule is COc1cc(C(=O)NCC(O)c2cc(OC)c(OC)c(OC)c2)cc(OC)c1OC. The van der Waals surface area contributed by atoms with E-state index in [-0.39, 0.29) is 6.54 Å². The molecule has 9 nitrogen and oxygen atoms in total. The number of ether oxygens (including phenoxy) is 6. The lowest BCUT2D eigenvalue weighted by Gasteiger charge is -2.18. The number of methoxy groups -OCH3 is 6. The van der Waals surface area contributed by atoms with E-state index in [2.05, 4.69) is 5.32 Å². The molecule has 0 saturated carbocycles. The van der Waals surface area contributed by atoms with E-state index in [1.54, 1.807) is 12.1 Å². The molecular weight excluding hydrogens is 394 g/mol. The van der Waals surface area contributed by atoms with Gasteiger partial charge in [-0.3, -0.25) is 4.79 Å². The van der Waals surface area contributed by atoms with Crippen LogP contribution in [0.25, 0.3) is 0 Å². The van der Waals surface area contributed by atoms with Crippen LogP contribution in [0.3, 0.4) is 0 Å². The summed E-state index contributed by atoms with van der Waals surface area (Å²) in [5.41, 5.74) is 0.788. The summed E-state index contributed by atoms with van der Waals surface area (Å²) in [6.07, 6.45) is -1.01. The molecule has 0 aromatic heterocycles. The van der Waals surface area contributed by atoms with E-state index in [1.807, 2.05) is 0 Å². The van der Waals surface area contributed by atoms with Gasteiger partial charge in [-0.05, 0) is 29.8 Å². The molecule has 2 aromatic carbocycles. The van der Waals surface area contributed by atoms with Crippen molar-refractivity contribution in [3.8, 4) is 34.5 Å². The molecule has 2 N–H and O–H groups in total. The van der Waals surface area contributed by atoms with Gasteiger partial charge in [0.05, 0.1) is 48.8 Å². The van der Waals surface area contributed by atoms with Crippen molar-refractivity contribution in [1.29, 1.82) is 0 Å². The summed E-state index contributed by atoms with van der Waals surface area (Å²) in [6, 6.07) is 6.31. The highest BCUT2D eigenvalue weighted by atomic mass is 16.5. The largest absolute Gasteiger partial charge is 0.493 e. The highest BCUT2D eigenvalue weighted by Crippen LogP contribution is 2.40. The normalized spacial score (nSPS) is 11.3. The number of hydrogen-bond acceptors (Lipinski definition) is 8. The van der Waals surface area contributed by atoms with Gasteiger partial charge in [-0.1, -0.05) is 0 Å². The number of aliphatic hydroxyl groups excluding tert-OH is 1. The van der Waals surface area contributed by atoms with E-state index in [0.717, 1.165) is 0 Å². The predicted octanol–water partition coefficient (Wildman–Crippen LogP) is 2.20. The summed E-state index contributed by atoms with van der Waals surface area (Å²) in [7, 11) is 8.88. The van der Waals surface area contributed by atoms with Crippen molar-refractivity contribution in [3.05, 3.63) is 35.4 Å². The molecule has 0 aliphatic rings. The van der Waals surface area contributed by atoms with E-state index in [9.17, 15) is 9.90 Å². The smallest absolute Gasteiger partial charge is 0.251 e. The Morgan fingerprint density at radius 3 is 1.53 bits per heavy atom. The molecule has 0 aliphatic heterocycles. The quantitative estimate of drug-likeness (QED) is 0.602. The monoisotopic (exact) mass is 421 g/mol. The molecule has 1 unspecified atom stereocenters. The average molecular weight is 421 g/mol. The Labute approximate surface area is 175 Å². The van der Waals surface area contributed by atoms with Crippen molar-refractivity contribution < 1.29 is 38.3 Å². The lowest BCUT2D eigenvalue weighted by Crippen LogP contribution is -2.28. The fourth-order valence-corrected chi connectivity index (χ4v) is 2.92. The van der Waals surface area contributed by atoms with Crippen molar-refractivity contribution in [3.63, 3.8) is 0 Å². The van der Waals surface area contributed by atoms with Crippen LogP contribution in [-0.4, -0.2) is 60.2 Å². The topological polar surface area (TPSA) is 105 Å². The van der Waals surface area contributed by atoms with Crippen molar-refractivity contribution >= 4 is 5.91 Å². The fraction of sp³-hybridized carbons (Fsp3) is 0.381. The van der Waals surface area contributed by atoms with E-state index >= 15 is 0 Å². The minimum atomic E-state index is -1.01. The molecule has 1 atom stereocenters. The summed E-state index contributed by atoms with van der Waals surface area (Å²) in [6.45, 7) is -0.0475. The fourth-order valence-electron chi connectivity index (χ4n) is 2.92. The van der Waals surface area contributed by atoms with Gasteiger partial charge in [0.2, 0.25) is 11.5 Å². The van der Waals surface area contributed by atoms with Crippen LogP contribution in [0.15, 0.2) is 24.3 Å². The van der Waals surface area contributed by atoms with E-state index in [0.29, 0.717) is 45.6 Å². The van der Waals surface area contributed by atoms with Crippen LogP contribution in [0, 0.1) is 0 Å². The number of aliphatic hydroxyl groups is 1. The predicted molar refractivity (Wildman–Crippen MR) is 109 cm³/mol. The van der Waals surface area contributed by atoms with Crippen LogP contribution in [0.1, 0.15) is 22.0 Å². The number of rotatable bonds is 10. The van der Waals surface area contributed by atoms with Crippen molar-refractivity contribution in [1.82, 2.24) is 5.32 Å². The van der Waals surface area contributed by atoms with Crippen molar-refractivity contribution in [2.24, 2.45) is 0 Å². The van der Waals surface area contributed by atoms with E-state index in [4.69, 9.17) is 28.4 Å². The van der Waals surface area contributed by atoms with Gasteiger partial charge in [0, 0.05) is 12.1 Å². The van der Waals surface area contributed by atoms with Gasteiger partial charge in [-0.2, -0.15) is 0 Å². The summed E-state index contributed by atoms with van der Waals surface area (Å²) in [5.74, 6) is 1.90. The van der Waals surface area contributed by atoms with Gasteiger partial charge in [0.1, 0.15) is 0 Å². The van der Waals surface area contributed by atoms with Gasteiger partial charge >= 0.3 is 0 Å². The second kappa shape index (κ2) is 10.4. The van der Waals surface area contributed by atoms with Crippen LogP contribution >= 0.6 is 0 Å². The highest BCUT2D eigenvalue weighted by molar-refractivity contribution is 5.95. The molecule has 1 amide bonds. The molecule has 0 heterocycles. The first kappa shape index (κ1) is 23.0. The Balaban J connectivity index is 2.20. The zero-order valence-electron chi connectivity index (χ0n) is 17.9. The Kier molecular flexibility index (Phi) is 7.99. The molecule has 0 bridgehead atoms. The number of carbonyl (C=O) groups is 1. The first-order valence-corrected chi connectivity index (χ1v) is 9.00. The first-order valence-electron chi connectivity index (χ1n) is 9.00. The summed E-state index contributed by atoms with van der Waals surface area (Å²) in [4.78, 5) is 12.6.